The molecule has 2 heterocycles. The van der Waals surface area contributed by atoms with Crippen molar-refractivity contribution in [2.24, 2.45) is 0 Å². The van der Waals surface area contributed by atoms with E-state index in [1.807, 2.05) is 17.1 Å². The van der Waals surface area contributed by atoms with Crippen LogP contribution in [0.5, 0.6) is 0 Å². The van der Waals surface area contributed by atoms with Crippen molar-refractivity contribution < 1.29 is 0 Å². The van der Waals surface area contributed by atoms with Gasteiger partial charge in [-0.15, -0.1) is 0 Å². The first-order valence-corrected chi connectivity index (χ1v) is 5.28. The molecule has 0 spiro atoms. The van der Waals surface area contributed by atoms with Crippen LogP contribution in [0.1, 0.15) is 25.6 Å². The topological polar surface area (TPSA) is 55.6 Å². The van der Waals surface area contributed by atoms with Gasteiger partial charge in [-0.3, -0.25) is 14.6 Å². The molecule has 16 heavy (non-hydrogen) atoms. The lowest BCUT2D eigenvalue weighted by Crippen LogP contribution is -2.02. The third-order valence-corrected chi connectivity index (χ3v) is 2.22. The number of rotatable bonds is 4. The van der Waals surface area contributed by atoms with E-state index >= 15 is 0 Å². The van der Waals surface area contributed by atoms with Crippen molar-refractivity contribution in [2.75, 3.05) is 5.32 Å². The van der Waals surface area contributed by atoms with Gasteiger partial charge in [-0.05, 0) is 13.8 Å². The summed E-state index contributed by atoms with van der Waals surface area (Å²) < 4.78 is 1.92. The molecule has 2 aromatic heterocycles. The molecular formula is C11H15N5. The van der Waals surface area contributed by atoms with E-state index in [0.717, 1.165) is 11.4 Å². The van der Waals surface area contributed by atoms with Crippen LogP contribution in [-0.4, -0.2) is 19.7 Å². The van der Waals surface area contributed by atoms with Gasteiger partial charge in [0.05, 0.1) is 30.3 Å². The van der Waals surface area contributed by atoms with Crippen LogP contribution in [-0.2, 0) is 6.54 Å². The van der Waals surface area contributed by atoms with Crippen LogP contribution in [0.15, 0.2) is 31.0 Å². The maximum Gasteiger partial charge on any atom is 0.0777 e. The highest BCUT2D eigenvalue weighted by Crippen LogP contribution is 2.10. The highest BCUT2D eigenvalue weighted by molar-refractivity contribution is 5.38. The molecule has 0 bridgehead atoms. The zero-order valence-electron chi connectivity index (χ0n) is 9.46. The second kappa shape index (κ2) is 4.74. The monoisotopic (exact) mass is 217 g/mol. The van der Waals surface area contributed by atoms with Gasteiger partial charge in [0.1, 0.15) is 0 Å². The fraction of sp³-hybridized carbons (Fsp3) is 0.364. The summed E-state index contributed by atoms with van der Waals surface area (Å²) in [6.07, 6.45) is 8.91. The number of nitrogens with zero attached hydrogens (tertiary/aromatic N) is 4. The molecule has 0 aromatic carbocycles. The Morgan fingerprint density at radius 3 is 2.81 bits per heavy atom. The molecule has 0 aliphatic heterocycles. The molecular weight excluding hydrogens is 202 g/mol. The predicted octanol–water partition coefficient (Wildman–Crippen LogP) is 1.87. The molecule has 0 amide bonds. The summed E-state index contributed by atoms with van der Waals surface area (Å²) in [4.78, 5) is 8.19. The fourth-order valence-electron chi connectivity index (χ4n) is 1.33. The fourth-order valence-corrected chi connectivity index (χ4v) is 1.33. The smallest absolute Gasteiger partial charge is 0.0777 e. The Labute approximate surface area is 94.5 Å². The molecule has 0 saturated heterocycles. The first-order valence-electron chi connectivity index (χ1n) is 5.28. The van der Waals surface area contributed by atoms with Gasteiger partial charge >= 0.3 is 0 Å². The van der Waals surface area contributed by atoms with E-state index in [4.69, 9.17) is 0 Å². The van der Waals surface area contributed by atoms with Gasteiger partial charge < -0.3 is 5.32 Å². The SMILES string of the molecule is CC(C)n1cc(NCc2cnccn2)cn1. The number of aromatic nitrogens is 4. The zero-order valence-corrected chi connectivity index (χ0v) is 9.46. The molecule has 0 radical (unpaired) electrons. The molecule has 2 aromatic rings. The van der Waals surface area contributed by atoms with Crippen LogP contribution in [0.25, 0.3) is 0 Å². The molecule has 0 atom stereocenters. The van der Waals surface area contributed by atoms with Gasteiger partial charge in [0.25, 0.3) is 0 Å². The first-order chi connectivity index (χ1) is 7.75. The van der Waals surface area contributed by atoms with Crippen LogP contribution in [0.3, 0.4) is 0 Å². The lowest BCUT2D eigenvalue weighted by molar-refractivity contribution is 0.532. The average molecular weight is 217 g/mol. The molecule has 0 unspecified atom stereocenters. The van der Waals surface area contributed by atoms with Crippen LogP contribution < -0.4 is 5.32 Å². The summed E-state index contributed by atoms with van der Waals surface area (Å²) in [5.41, 5.74) is 1.92. The van der Waals surface area contributed by atoms with Crippen molar-refractivity contribution in [3.05, 3.63) is 36.7 Å². The summed E-state index contributed by atoms with van der Waals surface area (Å²) in [5, 5.41) is 7.50. The summed E-state index contributed by atoms with van der Waals surface area (Å²) in [7, 11) is 0. The van der Waals surface area contributed by atoms with Gasteiger partial charge in [-0.25, -0.2) is 0 Å². The molecule has 84 valence electrons. The van der Waals surface area contributed by atoms with Gasteiger partial charge in [0.2, 0.25) is 0 Å². The highest BCUT2D eigenvalue weighted by atomic mass is 15.3. The molecule has 5 nitrogen and oxygen atoms in total. The number of anilines is 1. The Morgan fingerprint density at radius 2 is 2.19 bits per heavy atom. The van der Waals surface area contributed by atoms with E-state index < -0.39 is 0 Å². The van der Waals surface area contributed by atoms with Gasteiger partial charge in [-0.1, -0.05) is 0 Å². The van der Waals surface area contributed by atoms with E-state index in [1.54, 1.807) is 18.6 Å². The minimum absolute atomic E-state index is 0.382. The molecule has 5 heteroatoms. The Balaban J connectivity index is 1.95. The quantitative estimate of drug-likeness (QED) is 0.849. The molecule has 0 aliphatic carbocycles. The van der Waals surface area contributed by atoms with Crippen LogP contribution >= 0.6 is 0 Å². The van der Waals surface area contributed by atoms with Gasteiger partial charge in [-0.2, -0.15) is 5.10 Å². The summed E-state index contributed by atoms with van der Waals surface area (Å²) in [6, 6.07) is 0.382. The van der Waals surface area contributed by atoms with E-state index in [2.05, 4.69) is 34.2 Å². The number of nitrogens with one attached hydrogen (secondary N) is 1. The van der Waals surface area contributed by atoms with Gasteiger partial charge in [0.15, 0.2) is 0 Å². The minimum Gasteiger partial charge on any atom is -0.377 e. The van der Waals surface area contributed by atoms with E-state index in [-0.39, 0.29) is 0 Å². The lowest BCUT2D eigenvalue weighted by atomic mass is 10.4. The van der Waals surface area contributed by atoms with Crippen LogP contribution in [0, 0.1) is 0 Å². The number of hydrogen-bond acceptors (Lipinski definition) is 4. The molecule has 1 N–H and O–H groups in total. The molecule has 0 aliphatic rings. The second-order valence-corrected chi connectivity index (χ2v) is 3.85. The van der Waals surface area contributed by atoms with Crippen LogP contribution in [0.4, 0.5) is 5.69 Å². The van der Waals surface area contributed by atoms with Crippen molar-refractivity contribution in [2.45, 2.75) is 26.4 Å². The van der Waals surface area contributed by atoms with E-state index in [0.29, 0.717) is 12.6 Å². The Kier molecular flexibility index (Phi) is 3.14. The zero-order chi connectivity index (χ0) is 11.4. The lowest BCUT2D eigenvalue weighted by Gasteiger charge is -2.04. The highest BCUT2D eigenvalue weighted by Gasteiger charge is 2.01. The van der Waals surface area contributed by atoms with Crippen molar-refractivity contribution in [3.63, 3.8) is 0 Å². The largest absolute Gasteiger partial charge is 0.377 e. The Bertz CT molecular complexity index is 435. The summed E-state index contributed by atoms with van der Waals surface area (Å²) >= 11 is 0. The van der Waals surface area contributed by atoms with E-state index in [1.165, 1.54) is 0 Å². The Hall–Kier alpha value is -1.91. The standard InChI is InChI=1S/C11H15N5/c1-9(2)16-8-11(7-15-16)14-6-10-5-12-3-4-13-10/h3-5,7-9,14H,6H2,1-2H3. The molecule has 0 fully saturated rings. The summed E-state index contributed by atoms with van der Waals surface area (Å²) in [5.74, 6) is 0. The maximum atomic E-state index is 4.25. The first kappa shape index (κ1) is 10.6. The average Bonchev–Trinajstić information content (AvgIpc) is 2.76. The predicted molar refractivity (Wildman–Crippen MR) is 62.0 cm³/mol. The second-order valence-electron chi connectivity index (χ2n) is 3.85. The maximum absolute atomic E-state index is 4.25. The van der Waals surface area contributed by atoms with Crippen LogP contribution in [0.2, 0.25) is 0 Å². The third-order valence-electron chi connectivity index (χ3n) is 2.22. The van der Waals surface area contributed by atoms with Crippen molar-refractivity contribution in [1.29, 1.82) is 0 Å². The minimum atomic E-state index is 0.382. The van der Waals surface area contributed by atoms with Crippen molar-refractivity contribution in [1.82, 2.24) is 19.7 Å². The molecule has 2 rings (SSSR count). The summed E-state index contributed by atoms with van der Waals surface area (Å²) in [6.45, 7) is 4.86. The number of hydrogen-bond donors (Lipinski definition) is 1. The third kappa shape index (κ3) is 2.56. The van der Waals surface area contributed by atoms with E-state index in [9.17, 15) is 0 Å². The van der Waals surface area contributed by atoms with Crippen molar-refractivity contribution in [3.8, 4) is 0 Å². The Morgan fingerprint density at radius 1 is 1.31 bits per heavy atom. The van der Waals surface area contributed by atoms with Crippen molar-refractivity contribution >= 4 is 5.69 Å². The normalized spacial score (nSPS) is 10.7. The molecule has 0 saturated carbocycles. The van der Waals surface area contributed by atoms with Gasteiger partial charge in [0, 0.05) is 24.6 Å².